The fourth-order valence-electron chi connectivity index (χ4n) is 1.57. The van der Waals surface area contributed by atoms with Gasteiger partial charge in [0.1, 0.15) is 0 Å². The number of aliphatic carboxylic acids is 1. The number of carboxylic acids is 1. The van der Waals surface area contributed by atoms with Gasteiger partial charge in [0.05, 0.1) is 11.6 Å². The third kappa shape index (κ3) is 2.59. The third-order valence-corrected chi connectivity index (χ3v) is 2.59. The summed E-state index contributed by atoms with van der Waals surface area (Å²) in [6.45, 7) is 3.52. The number of hydrogen-bond donors (Lipinski definition) is 2. The average molecular weight is 221 g/mol. The quantitative estimate of drug-likeness (QED) is 0.466. The first-order valence-electron chi connectivity index (χ1n) is 5.12. The Morgan fingerprint density at radius 3 is 2.31 bits per heavy atom. The van der Waals surface area contributed by atoms with E-state index in [1.54, 1.807) is 31.2 Å². The number of carboxylic acid groups (broad SMARTS) is 1. The molecule has 0 saturated heterocycles. The second-order valence-electron chi connectivity index (χ2n) is 3.61. The van der Waals surface area contributed by atoms with E-state index in [1.807, 2.05) is 6.92 Å². The summed E-state index contributed by atoms with van der Waals surface area (Å²) < 4.78 is 0. The molecule has 0 spiro atoms. The van der Waals surface area contributed by atoms with E-state index < -0.39 is 11.9 Å². The first-order chi connectivity index (χ1) is 7.60. The highest BCUT2D eigenvalue weighted by Crippen LogP contribution is 2.20. The van der Waals surface area contributed by atoms with Crippen molar-refractivity contribution in [3.8, 4) is 0 Å². The molecule has 0 radical (unpaired) electrons. The minimum Gasteiger partial charge on any atom is -0.481 e. The van der Waals surface area contributed by atoms with Crippen LogP contribution >= 0.6 is 0 Å². The molecule has 4 heteroatoms. The SMILES string of the molecule is CCC(C(=O)O)c1ccc(/C(C)=N/O)cc1. The van der Waals surface area contributed by atoms with E-state index >= 15 is 0 Å². The van der Waals surface area contributed by atoms with Gasteiger partial charge in [0.25, 0.3) is 0 Å². The lowest BCUT2D eigenvalue weighted by Crippen LogP contribution is -2.10. The molecule has 1 unspecified atom stereocenters. The largest absolute Gasteiger partial charge is 0.481 e. The Balaban J connectivity index is 2.98. The Morgan fingerprint density at radius 2 is 1.94 bits per heavy atom. The molecule has 16 heavy (non-hydrogen) atoms. The first kappa shape index (κ1) is 12.2. The molecule has 86 valence electrons. The summed E-state index contributed by atoms with van der Waals surface area (Å²) in [5, 5.41) is 20.7. The summed E-state index contributed by atoms with van der Waals surface area (Å²) in [4.78, 5) is 10.9. The van der Waals surface area contributed by atoms with Crippen LogP contribution < -0.4 is 0 Å². The van der Waals surface area contributed by atoms with Gasteiger partial charge in [0, 0.05) is 0 Å². The standard InChI is InChI=1S/C12H15NO3/c1-3-11(12(14)15)10-6-4-9(5-7-10)8(2)13-16/h4-7,11,16H,3H2,1-2H3,(H,14,15)/b13-8+. The van der Waals surface area contributed by atoms with Crippen molar-refractivity contribution in [3.05, 3.63) is 35.4 Å². The van der Waals surface area contributed by atoms with E-state index in [9.17, 15) is 4.79 Å². The molecule has 0 amide bonds. The summed E-state index contributed by atoms with van der Waals surface area (Å²) >= 11 is 0. The van der Waals surface area contributed by atoms with Gasteiger partial charge in [-0.25, -0.2) is 0 Å². The fourth-order valence-corrected chi connectivity index (χ4v) is 1.57. The van der Waals surface area contributed by atoms with Crippen LogP contribution in [0.5, 0.6) is 0 Å². The molecule has 0 aromatic heterocycles. The molecule has 0 fully saturated rings. The maximum Gasteiger partial charge on any atom is 0.310 e. The molecule has 0 aliphatic heterocycles. The van der Waals surface area contributed by atoms with Crippen molar-refractivity contribution in [1.29, 1.82) is 0 Å². The van der Waals surface area contributed by atoms with Gasteiger partial charge in [0.2, 0.25) is 0 Å². The van der Waals surface area contributed by atoms with Crippen LogP contribution in [-0.4, -0.2) is 22.0 Å². The summed E-state index contributed by atoms with van der Waals surface area (Å²) in [7, 11) is 0. The predicted molar refractivity (Wildman–Crippen MR) is 61.1 cm³/mol. The monoisotopic (exact) mass is 221 g/mol. The average Bonchev–Trinajstić information content (AvgIpc) is 2.29. The van der Waals surface area contributed by atoms with Crippen LogP contribution in [0, 0.1) is 0 Å². The van der Waals surface area contributed by atoms with Crippen LogP contribution in [0.15, 0.2) is 29.4 Å². The molecule has 0 bridgehead atoms. The van der Waals surface area contributed by atoms with E-state index in [0.717, 1.165) is 11.1 Å². The maximum absolute atomic E-state index is 10.9. The summed E-state index contributed by atoms with van der Waals surface area (Å²) in [6, 6.07) is 7.03. The van der Waals surface area contributed by atoms with E-state index in [2.05, 4.69) is 5.16 Å². The molecule has 0 saturated carbocycles. The number of hydrogen-bond acceptors (Lipinski definition) is 3. The van der Waals surface area contributed by atoms with Gasteiger partial charge in [0.15, 0.2) is 0 Å². The van der Waals surface area contributed by atoms with Crippen molar-refractivity contribution in [2.24, 2.45) is 5.16 Å². The third-order valence-electron chi connectivity index (χ3n) is 2.59. The Morgan fingerprint density at radius 1 is 1.38 bits per heavy atom. The number of oxime groups is 1. The Labute approximate surface area is 94.2 Å². The lowest BCUT2D eigenvalue weighted by molar-refractivity contribution is -0.138. The Kier molecular flexibility index (Phi) is 4.05. The number of nitrogens with zero attached hydrogens (tertiary/aromatic N) is 1. The van der Waals surface area contributed by atoms with E-state index in [0.29, 0.717) is 12.1 Å². The molecule has 4 nitrogen and oxygen atoms in total. The highest BCUT2D eigenvalue weighted by atomic mass is 16.4. The highest BCUT2D eigenvalue weighted by molar-refractivity contribution is 5.98. The molecule has 1 aromatic carbocycles. The van der Waals surface area contributed by atoms with Crippen LogP contribution in [0.3, 0.4) is 0 Å². The normalized spacial score (nSPS) is 13.5. The lowest BCUT2D eigenvalue weighted by Gasteiger charge is -2.10. The lowest BCUT2D eigenvalue weighted by atomic mass is 9.95. The number of rotatable bonds is 4. The molecule has 2 N–H and O–H groups in total. The van der Waals surface area contributed by atoms with Gasteiger partial charge in [-0.1, -0.05) is 36.3 Å². The smallest absolute Gasteiger partial charge is 0.310 e. The minimum absolute atomic E-state index is 0.472. The zero-order chi connectivity index (χ0) is 12.1. The van der Waals surface area contributed by atoms with Crippen LogP contribution in [0.4, 0.5) is 0 Å². The zero-order valence-electron chi connectivity index (χ0n) is 9.34. The molecule has 1 rings (SSSR count). The van der Waals surface area contributed by atoms with E-state index in [1.165, 1.54) is 0 Å². The molecule has 1 aromatic rings. The van der Waals surface area contributed by atoms with Crippen molar-refractivity contribution in [2.75, 3.05) is 0 Å². The van der Waals surface area contributed by atoms with Crippen molar-refractivity contribution >= 4 is 11.7 Å². The van der Waals surface area contributed by atoms with Gasteiger partial charge < -0.3 is 10.3 Å². The maximum atomic E-state index is 10.9. The van der Waals surface area contributed by atoms with E-state index in [-0.39, 0.29) is 0 Å². The van der Waals surface area contributed by atoms with Crippen molar-refractivity contribution < 1.29 is 15.1 Å². The van der Waals surface area contributed by atoms with Crippen LogP contribution in [0.2, 0.25) is 0 Å². The molecular weight excluding hydrogens is 206 g/mol. The molecule has 1 atom stereocenters. The second-order valence-corrected chi connectivity index (χ2v) is 3.61. The van der Waals surface area contributed by atoms with Gasteiger partial charge in [-0.3, -0.25) is 4.79 Å². The first-order valence-corrected chi connectivity index (χ1v) is 5.12. The van der Waals surface area contributed by atoms with Gasteiger partial charge in [-0.2, -0.15) is 0 Å². The molecule has 0 aliphatic carbocycles. The van der Waals surface area contributed by atoms with Crippen LogP contribution in [-0.2, 0) is 4.79 Å². The van der Waals surface area contributed by atoms with Crippen LogP contribution in [0.25, 0.3) is 0 Å². The number of benzene rings is 1. The van der Waals surface area contributed by atoms with Crippen LogP contribution in [0.1, 0.15) is 37.3 Å². The molecule has 0 heterocycles. The van der Waals surface area contributed by atoms with Gasteiger partial charge in [-0.05, 0) is 24.5 Å². The summed E-state index contributed by atoms with van der Waals surface area (Å²) in [5.74, 6) is -1.29. The van der Waals surface area contributed by atoms with Crippen molar-refractivity contribution in [2.45, 2.75) is 26.2 Å². The predicted octanol–water partition coefficient (Wildman–Crippen LogP) is 2.46. The molecular formula is C12H15NO3. The second kappa shape index (κ2) is 5.30. The Bertz CT molecular complexity index is 395. The van der Waals surface area contributed by atoms with E-state index in [4.69, 9.17) is 10.3 Å². The van der Waals surface area contributed by atoms with Gasteiger partial charge >= 0.3 is 5.97 Å². The number of carbonyl (C=O) groups is 1. The molecule has 0 aliphatic rings. The minimum atomic E-state index is -0.817. The Hall–Kier alpha value is -1.84. The van der Waals surface area contributed by atoms with Crippen molar-refractivity contribution in [3.63, 3.8) is 0 Å². The fraction of sp³-hybridized carbons (Fsp3) is 0.333. The van der Waals surface area contributed by atoms with Gasteiger partial charge in [-0.15, -0.1) is 0 Å². The summed E-state index contributed by atoms with van der Waals surface area (Å²) in [6.07, 6.45) is 0.557. The topological polar surface area (TPSA) is 69.9 Å². The van der Waals surface area contributed by atoms with Crippen molar-refractivity contribution in [1.82, 2.24) is 0 Å². The highest BCUT2D eigenvalue weighted by Gasteiger charge is 2.17. The summed E-state index contributed by atoms with van der Waals surface area (Å²) in [5.41, 5.74) is 2.06. The zero-order valence-corrected chi connectivity index (χ0v) is 9.34.